The first-order chi connectivity index (χ1) is 11.6. The predicted molar refractivity (Wildman–Crippen MR) is 89.0 cm³/mol. The highest BCUT2D eigenvalue weighted by Crippen LogP contribution is 2.13. The van der Waals surface area contributed by atoms with E-state index >= 15 is 0 Å². The second kappa shape index (κ2) is 7.44. The number of ether oxygens (including phenoxy) is 1. The maximum atomic E-state index is 12.6. The molecular formula is C17H22N4O3. The van der Waals surface area contributed by atoms with Gasteiger partial charge < -0.3 is 14.6 Å². The molecule has 2 aromatic heterocycles. The molecule has 2 aromatic rings. The minimum Gasteiger partial charge on any atom is -0.376 e. The van der Waals surface area contributed by atoms with Gasteiger partial charge in [-0.25, -0.2) is 0 Å². The van der Waals surface area contributed by atoms with Crippen LogP contribution in [-0.2, 0) is 17.7 Å². The molecular weight excluding hydrogens is 308 g/mol. The molecule has 3 rings (SSSR count). The third kappa shape index (κ3) is 3.73. The standard InChI is InChI=1S/C17H22N4O3/c1-12-5-7-21(11-14-3-2-8-24-14)17(23)15(12)16(22)18-6-4-13-9-19-20-10-13/h5,7,9-10,14H,2-4,6,8,11H2,1H3,(H,18,22)(H,19,20). The molecule has 128 valence electrons. The molecule has 0 spiro atoms. The SMILES string of the molecule is Cc1ccn(CC2CCCO2)c(=O)c1C(=O)NCCc1cn[nH]c1. The number of nitrogens with zero attached hydrogens (tertiary/aromatic N) is 2. The van der Waals surface area contributed by atoms with E-state index in [2.05, 4.69) is 15.5 Å². The van der Waals surface area contributed by atoms with Crippen molar-refractivity contribution in [2.45, 2.75) is 38.8 Å². The molecule has 1 aliphatic rings. The van der Waals surface area contributed by atoms with Crippen LogP contribution in [0.15, 0.2) is 29.5 Å². The smallest absolute Gasteiger partial charge is 0.263 e. The Balaban J connectivity index is 1.68. The van der Waals surface area contributed by atoms with E-state index in [1.807, 2.05) is 0 Å². The van der Waals surface area contributed by atoms with Crippen LogP contribution in [0, 0.1) is 6.92 Å². The van der Waals surface area contributed by atoms with Crippen LogP contribution in [0.25, 0.3) is 0 Å². The van der Waals surface area contributed by atoms with Gasteiger partial charge in [0.25, 0.3) is 11.5 Å². The molecule has 1 unspecified atom stereocenters. The Morgan fingerprint density at radius 1 is 1.54 bits per heavy atom. The first-order valence-electron chi connectivity index (χ1n) is 8.22. The van der Waals surface area contributed by atoms with Gasteiger partial charge >= 0.3 is 0 Å². The molecule has 1 saturated heterocycles. The summed E-state index contributed by atoms with van der Waals surface area (Å²) in [6, 6.07) is 1.81. The van der Waals surface area contributed by atoms with Crippen molar-refractivity contribution in [2.75, 3.05) is 13.2 Å². The van der Waals surface area contributed by atoms with Crippen molar-refractivity contribution in [3.63, 3.8) is 0 Å². The van der Waals surface area contributed by atoms with Gasteiger partial charge in [-0.1, -0.05) is 0 Å². The maximum Gasteiger partial charge on any atom is 0.263 e. The molecule has 0 saturated carbocycles. The van der Waals surface area contributed by atoms with Gasteiger partial charge in [0.05, 0.1) is 18.8 Å². The average molecular weight is 330 g/mol. The molecule has 0 radical (unpaired) electrons. The van der Waals surface area contributed by atoms with Crippen molar-refractivity contribution in [2.24, 2.45) is 0 Å². The first kappa shape index (κ1) is 16.4. The topological polar surface area (TPSA) is 89.0 Å². The Labute approximate surface area is 140 Å². The number of pyridine rings is 1. The third-order valence-corrected chi connectivity index (χ3v) is 4.28. The lowest BCUT2D eigenvalue weighted by atomic mass is 10.1. The van der Waals surface area contributed by atoms with Crippen molar-refractivity contribution >= 4 is 5.91 Å². The molecule has 0 bridgehead atoms. The Kier molecular flexibility index (Phi) is 5.10. The van der Waals surface area contributed by atoms with Crippen LogP contribution in [0.3, 0.4) is 0 Å². The lowest BCUT2D eigenvalue weighted by molar-refractivity contribution is 0.0930. The van der Waals surface area contributed by atoms with E-state index in [0.717, 1.165) is 25.0 Å². The fourth-order valence-electron chi connectivity index (χ4n) is 2.92. The first-order valence-corrected chi connectivity index (χ1v) is 8.22. The van der Waals surface area contributed by atoms with Crippen LogP contribution in [0.5, 0.6) is 0 Å². The Morgan fingerprint density at radius 2 is 2.42 bits per heavy atom. The summed E-state index contributed by atoms with van der Waals surface area (Å²) in [4.78, 5) is 25.1. The summed E-state index contributed by atoms with van der Waals surface area (Å²) in [5.41, 5.74) is 1.65. The molecule has 24 heavy (non-hydrogen) atoms. The number of carbonyl (C=O) groups excluding carboxylic acids is 1. The zero-order valence-electron chi connectivity index (χ0n) is 13.7. The summed E-state index contributed by atoms with van der Waals surface area (Å²) in [7, 11) is 0. The van der Waals surface area contributed by atoms with Crippen LogP contribution in [0.4, 0.5) is 0 Å². The third-order valence-electron chi connectivity index (χ3n) is 4.28. The largest absolute Gasteiger partial charge is 0.376 e. The summed E-state index contributed by atoms with van der Waals surface area (Å²) >= 11 is 0. The van der Waals surface area contributed by atoms with E-state index in [9.17, 15) is 9.59 Å². The van der Waals surface area contributed by atoms with Crippen molar-refractivity contribution in [1.29, 1.82) is 0 Å². The fraction of sp³-hybridized carbons (Fsp3) is 0.471. The van der Waals surface area contributed by atoms with E-state index < -0.39 is 0 Å². The molecule has 3 heterocycles. The van der Waals surface area contributed by atoms with Gasteiger partial charge in [0, 0.05) is 25.5 Å². The van der Waals surface area contributed by atoms with Gasteiger partial charge in [-0.05, 0) is 43.4 Å². The number of hydrogen-bond donors (Lipinski definition) is 2. The second-order valence-electron chi connectivity index (χ2n) is 6.08. The molecule has 1 fully saturated rings. The lowest BCUT2D eigenvalue weighted by Crippen LogP contribution is -2.36. The highest BCUT2D eigenvalue weighted by atomic mass is 16.5. The number of aromatic amines is 1. The van der Waals surface area contributed by atoms with Gasteiger partial charge in [0.1, 0.15) is 5.56 Å². The molecule has 1 amide bonds. The number of nitrogens with one attached hydrogen (secondary N) is 2. The van der Waals surface area contributed by atoms with Crippen molar-refractivity contribution < 1.29 is 9.53 Å². The molecule has 1 aliphatic heterocycles. The van der Waals surface area contributed by atoms with Gasteiger partial charge in [-0.15, -0.1) is 0 Å². The number of carbonyl (C=O) groups is 1. The van der Waals surface area contributed by atoms with Crippen LogP contribution in [-0.4, -0.2) is 39.9 Å². The Hall–Kier alpha value is -2.41. The van der Waals surface area contributed by atoms with E-state index in [0.29, 0.717) is 25.1 Å². The van der Waals surface area contributed by atoms with Crippen LogP contribution >= 0.6 is 0 Å². The maximum absolute atomic E-state index is 12.6. The van der Waals surface area contributed by atoms with Gasteiger partial charge in [0.15, 0.2) is 0 Å². The highest BCUT2D eigenvalue weighted by Gasteiger charge is 2.20. The summed E-state index contributed by atoms with van der Waals surface area (Å²) in [6.45, 7) is 3.47. The zero-order chi connectivity index (χ0) is 16.9. The summed E-state index contributed by atoms with van der Waals surface area (Å²) in [5, 5.41) is 9.41. The zero-order valence-corrected chi connectivity index (χ0v) is 13.7. The number of hydrogen-bond acceptors (Lipinski definition) is 4. The lowest BCUT2D eigenvalue weighted by Gasteiger charge is -2.14. The van der Waals surface area contributed by atoms with Gasteiger partial charge in [-0.3, -0.25) is 14.7 Å². The summed E-state index contributed by atoms with van der Waals surface area (Å²) in [5.74, 6) is -0.331. The normalized spacial score (nSPS) is 17.1. The van der Waals surface area contributed by atoms with Crippen LogP contribution < -0.4 is 10.9 Å². The van der Waals surface area contributed by atoms with E-state index in [-0.39, 0.29) is 23.1 Å². The molecule has 0 aliphatic carbocycles. The molecule has 7 nitrogen and oxygen atoms in total. The van der Waals surface area contributed by atoms with Crippen molar-refractivity contribution in [3.05, 3.63) is 51.7 Å². The van der Waals surface area contributed by atoms with Gasteiger partial charge in [0.2, 0.25) is 0 Å². The number of amides is 1. The number of rotatable bonds is 6. The molecule has 2 N–H and O–H groups in total. The van der Waals surface area contributed by atoms with Crippen LogP contribution in [0.1, 0.15) is 34.3 Å². The molecule has 7 heteroatoms. The summed E-state index contributed by atoms with van der Waals surface area (Å²) in [6.07, 6.45) is 7.93. The van der Waals surface area contributed by atoms with E-state index in [1.54, 1.807) is 36.1 Å². The van der Waals surface area contributed by atoms with E-state index in [1.165, 1.54) is 0 Å². The average Bonchev–Trinajstić information content (AvgIpc) is 3.24. The molecule has 0 aromatic carbocycles. The quantitative estimate of drug-likeness (QED) is 0.828. The molecule has 1 atom stereocenters. The minimum atomic E-state index is -0.331. The van der Waals surface area contributed by atoms with E-state index in [4.69, 9.17) is 4.74 Å². The van der Waals surface area contributed by atoms with Gasteiger partial charge in [-0.2, -0.15) is 5.10 Å². The Bertz CT molecular complexity index is 746. The highest BCUT2D eigenvalue weighted by molar-refractivity contribution is 5.95. The number of aryl methyl sites for hydroxylation is 1. The number of aromatic nitrogens is 3. The second-order valence-corrected chi connectivity index (χ2v) is 6.08. The summed E-state index contributed by atoms with van der Waals surface area (Å²) < 4.78 is 7.16. The van der Waals surface area contributed by atoms with Crippen molar-refractivity contribution in [3.8, 4) is 0 Å². The Morgan fingerprint density at radius 3 is 3.12 bits per heavy atom. The van der Waals surface area contributed by atoms with Crippen molar-refractivity contribution in [1.82, 2.24) is 20.1 Å². The monoisotopic (exact) mass is 330 g/mol. The predicted octanol–water partition coefficient (Wildman–Crippen LogP) is 1.03. The van der Waals surface area contributed by atoms with Crippen LogP contribution in [0.2, 0.25) is 0 Å². The fourth-order valence-corrected chi connectivity index (χ4v) is 2.92. The number of H-pyrrole nitrogens is 1. The minimum absolute atomic E-state index is 0.0578.